The molecule has 0 saturated heterocycles. The van der Waals surface area contributed by atoms with E-state index in [-0.39, 0.29) is 0 Å². The number of aryl methyl sites for hydroxylation is 1. The van der Waals surface area contributed by atoms with Gasteiger partial charge < -0.3 is 9.84 Å². The predicted molar refractivity (Wildman–Crippen MR) is 76.9 cm³/mol. The number of aliphatic hydroxyl groups excluding tert-OH is 1. The fourth-order valence-electron chi connectivity index (χ4n) is 1.92. The topological polar surface area (TPSA) is 42.4 Å². The summed E-state index contributed by atoms with van der Waals surface area (Å²) in [7, 11) is 0. The molecule has 0 amide bonds. The van der Waals surface area contributed by atoms with Crippen LogP contribution in [0.1, 0.15) is 11.9 Å². The monoisotopic (exact) mass is 279 g/mol. The quantitative estimate of drug-likeness (QED) is 0.797. The number of aromatic nitrogens is 1. The van der Waals surface area contributed by atoms with Gasteiger partial charge in [-0.15, -0.1) is 22.7 Å². The van der Waals surface area contributed by atoms with Crippen molar-refractivity contribution in [2.24, 2.45) is 0 Å². The third-order valence-electron chi connectivity index (χ3n) is 2.65. The van der Waals surface area contributed by atoms with Gasteiger partial charge >= 0.3 is 0 Å². The molecular weight excluding hydrogens is 266 g/mol. The Bertz CT molecular complexity index is 699. The molecule has 0 unspecified atom stereocenters. The second-order valence-corrected chi connectivity index (χ2v) is 6.43. The van der Waals surface area contributed by atoms with Gasteiger partial charge in [0.05, 0.1) is 26.0 Å². The third kappa shape index (κ3) is 1.98. The molecule has 2 aromatic heterocycles. The first kappa shape index (κ1) is 11.9. The van der Waals surface area contributed by atoms with Crippen LogP contribution in [0.5, 0.6) is 5.75 Å². The van der Waals surface area contributed by atoms with E-state index in [4.69, 9.17) is 4.74 Å². The number of rotatable bonds is 3. The zero-order chi connectivity index (χ0) is 12.7. The average Bonchev–Trinajstić information content (AvgIpc) is 2.90. The Morgan fingerprint density at radius 3 is 3.11 bits per heavy atom. The molecule has 3 nitrogen and oxygen atoms in total. The van der Waals surface area contributed by atoms with Gasteiger partial charge in [-0.3, -0.25) is 0 Å². The van der Waals surface area contributed by atoms with Gasteiger partial charge in [0.2, 0.25) is 0 Å². The molecule has 0 bridgehead atoms. The summed E-state index contributed by atoms with van der Waals surface area (Å²) in [4.78, 5) is 4.57. The number of hydrogen-bond acceptors (Lipinski definition) is 5. The summed E-state index contributed by atoms with van der Waals surface area (Å²) >= 11 is 3.35. The molecular formula is C13H13NO2S2. The number of aliphatic hydroxyl groups is 1. The molecule has 0 fully saturated rings. The maximum atomic E-state index is 9.32. The van der Waals surface area contributed by atoms with Crippen LogP contribution in [-0.2, 0) is 0 Å². The van der Waals surface area contributed by atoms with Crippen LogP contribution in [0.3, 0.4) is 0 Å². The lowest BCUT2D eigenvalue weighted by molar-refractivity contribution is 0.124. The number of nitrogens with zero attached hydrogens (tertiary/aromatic N) is 1. The lowest BCUT2D eigenvalue weighted by atomic mass is 10.2. The normalized spacial score (nSPS) is 13.3. The molecule has 1 aromatic carbocycles. The summed E-state index contributed by atoms with van der Waals surface area (Å²) in [5, 5.41) is 13.5. The molecule has 0 aliphatic rings. The highest BCUT2D eigenvalue weighted by Crippen LogP contribution is 2.38. The van der Waals surface area contributed by atoms with Crippen LogP contribution in [0, 0.1) is 6.92 Å². The van der Waals surface area contributed by atoms with E-state index in [0.29, 0.717) is 6.61 Å². The Hall–Kier alpha value is -1.17. The molecule has 0 saturated carbocycles. The molecule has 1 N–H and O–H groups in total. The smallest absolute Gasteiger partial charge is 0.129 e. The highest BCUT2D eigenvalue weighted by molar-refractivity contribution is 7.21. The van der Waals surface area contributed by atoms with Gasteiger partial charge in [0.25, 0.3) is 0 Å². The van der Waals surface area contributed by atoms with Gasteiger partial charge in [-0.25, -0.2) is 4.98 Å². The molecule has 3 aromatic rings. The number of fused-ring (bicyclic) bond motifs is 3. The Balaban J connectivity index is 2.18. The molecule has 0 aliphatic heterocycles. The molecule has 0 spiro atoms. The second kappa shape index (κ2) is 4.50. The van der Waals surface area contributed by atoms with Crippen molar-refractivity contribution in [2.75, 3.05) is 6.61 Å². The molecule has 2 heterocycles. The van der Waals surface area contributed by atoms with E-state index in [2.05, 4.69) is 4.98 Å². The zero-order valence-electron chi connectivity index (χ0n) is 10.1. The Morgan fingerprint density at radius 1 is 1.50 bits per heavy atom. The molecule has 0 aliphatic carbocycles. The summed E-state index contributed by atoms with van der Waals surface area (Å²) in [5.74, 6) is 0.836. The Kier molecular flexibility index (Phi) is 2.97. The van der Waals surface area contributed by atoms with E-state index in [1.807, 2.05) is 24.4 Å². The van der Waals surface area contributed by atoms with Crippen LogP contribution in [0.15, 0.2) is 17.5 Å². The first-order valence-corrected chi connectivity index (χ1v) is 7.43. The van der Waals surface area contributed by atoms with E-state index >= 15 is 0 Å². The number of thiazole rings is 1. The summed E-state index contributed by atoms with van der Waals surface area (Å²) in [6.07, 6.45) is -0.461. The average molecular weight is 279 g/mol. The van der Waals surface area contributed by atoms with Crippen molar-refractivity contribution in [3.05, 3.63) is 22.5 Å². The minimum atomic E-state index is -0.461. The van der Waals surface area contributed by atoms with Crippen molar-refractivity contribution in [3.63, 3.8) is 0 Å². The molecule has 0 radical (unpaired) electrons. The number of benzene rings is 1. The largest absolute Gasteiger partial charge is 0.490 e. The van der Waals surface area contributed by atoms with Crippen molar-refractivity contribution in [1.29, 1.82) is 0 Å². The van der Waals surface area contributed by atoms with Crippen LogP contribution in [-0.4, -0.2) is 22.8 Å². The first-order valence-electron chi connectivity index (χ1n) is 5.73. The SMILES string of the molecule is Cc1nc2c(cc(OC[C@@H](C)O)c3ccsc32)s1. The molecule has 5 heteroatoms. The maximum Gasteiger partial charge on any atom is 0.129 e. The van der Waals surface area contributed by atoms with Crippen molar-refractivity contribution in [1.82, 2.24) is 4.98 Å². The predicted octanol–water partition coefficient (Wildman–Crippen LogP) is 3.58. The first-order chi connectivity index (χ1) is 8.65. The minimum Gasteiger partial charge on any atom is -0.490 e. The third-order valence-corrected chi connectivity index (χ3v) is 4.49. The minimum absolute atomic E-state index is 0.314. The number of thiophene rings is 1. The Labute approximate surface area is 113 Å². The van der Waals surface area contributed by atoms with Gasteiger partial charge in [-0.2, -0.15) is 0 Å². The summed E-state index contributed by atoms with van der Waals surface area (Å²) < 4.78 is 8.00. The summed E-state index contributed by atoms with van der Waals surface area (Å²) in [6, 6.07) is 4.07. The van der Waals surface area contributed by atoms with E-state index in [9.17, 15) is 5.11 Å². The van der Waals surface area contributed by atoms with E-state index in [1.165, 1.54) is 0 Å². The van der Waals surface area contributed by atoms with Gasteiger partial charge in [-0.05, 0) is 25.3 Å². The maximum absolute atomic E-state index is 9.32. The molecule has 94 valence electrons. The molecule has 18 heavy (non-hydrogen) atoms. The van der Waals surface area contributed by atoms with Crippen molar-refractivity contribution >= 4 is 43.0 Å². The standard InChI is InChI=1S/C13H13NO2S2/c1-7(15)6-16-10-5-11-12(14-8(2)18-11)13-9(10)3-4-17-13/h3-5,7,15H,6H2,1-2H3/t7-/m1/s1. The van der Waals surface area contributed by atoms with Crippen LogP contribution in [0.25, 0.3) is 20.3 Å². The lowest BCUT2D eigenvalue weighted by Gasteiger charge is -2.09. The fraction of sp³-hybridized carbons (Fsp3) is 0.308. The second-order valence-electron chi connectivity index (χ2n) is 4.28. The van der Waals surface area contributed by atoms with Gasteiger partial charge in [0.15, 0.2) is 0 Å². The number of hydrogen-bond donors (Lipinski definition) is 1. The summed E-state index contributed by atoms with van der Waals surface area (Å²) in [5.41, 5.74) is 1.06. The molecule has 1 atom stereocenters. The van der Waals surface area contributed by atoms with Crippen molar-refractivity contribution < 1.29 is 9.84 Å². The highest BCUT2D eigenvalue weighted by Gasteiger charge is 2.12. The lowest BCUT2D eigenvalue weighted by Crippen LogP contribution is -2.12. The molecule has 3 rings (SSSR count). The van der Waals surface area contributed by atoms with Gasteiger partial charge in [0, 0.05) is 11.5 Å². The number of ether oxygens (including phenoxy) is 1. The fourth-order valence-corrected chi connectivity index (χ4v) is 3.75. The van der Waals surface area contributed by atoms with E-state index in [0.717, 1.165) is 31.1 Å². The van der Waals surface area contributed by atoms with Crippen LogP contribution < -0.4 is 4.74 Å². The zero-order valence-corrected chi connectivity index (χ0v) is 11.8. The van der Waals surface area contributed by atoms with Crippen LogP contribution >= 0.6 is 22.7 Å². The summed E-state index contributed by atoms with van der Waals surface area (Å²) in [6.45, 7) is 4.05. The van der Waals surface area contributed by atoms with Gasteiger partial charge in [0.1, 0.15) is 12.4 Å². The Morgan fingerprint density at radius 2 is 2.33 bits per heavy atom. The van der Waals surface area contributed by atoms with E-state index in [1.54, 1.807) is 29.6 Å². The van der Waals surface area contributed by atoms with E-state index < -0.39 is 6.10 Å². The van der Waals surface area contributed by atoms with Gasteiger partial charge in [-0.1, -0.05) is 0 Å². The van der Waals surface area contributed by atoms with Crippen molar-refractivity contribution in [2.45, 2.75) is 20.0 Å². The van der Waals surface area contributed by atoms with Crippen LogP contribution in [0.4, 0.5) is 0 Å². The highest BCUT2D eigenvalue weighted by atomic mass is 32.1. The van der Waals surface area contributed by atoms with Crippen LogP contribution in [0.2, 0.25) is 0 Å². The van der Waals surface area contributed by atoms with Crippen molar-refractivity contribution in [3.8, 4) is 5.75 Å².